The highest BCUT2D eigenvalue weighted by atomic mass is 31.2. The smallest absolute Gasteiger partial charge is 0.338 e. The van der Waals surface area contributed by atoms with Crippen LogP contribution in [0.15, 0.2) is 42.5 Å². The van der Waals surface area contributed by atoms with Gasteiger partial charge in [-0.3, -0.25) is 4.57 Å². The zero-order chi connectivity index (χ0) is 15.5. The quantitative estimate of drug-likeness (QED) is 0.818. The Morgan fingerprint density at radius 1 is 1.00 bits per heavy atom. The van der Waals surface area contributed by atoms with Crippen LogP contribution in [0.4, 0.5) is 5.69 Å². The van der Waals surface area contributed by atoms with E-state index in [1.165, 1.54) is 5.56 Å². The SMILES string of the molecule is COc1ccccc1O[P@](C)(=O)Nc1ccc(C)c(C)c1. The molecule has 0 aliphatic carbocycles. The van der Waals surface area contributed by atoms with Gasteiger partial charge in [0.05, 0.1) is 7.11 Å². The maximum absolute atomic E-state index is 12.6. The molecule has 0 spiro atoms. The van der Waals surface area contributed by atoms with Crippen molar-refractivity contribution in [1.82, 2.24) is 0 Å². The van der Waals surface area contributed by atoms with Gasteiger partial charge in [0.25, 0.3) is 0 Å². The van der Waals surface area contributed by atoms with Gasteiger partial charge in [0.1, 0.15) is 0 Å². The van der Waals surface area contributed by atoms with Gasteiger partial charge < -0.3 is 14.3 Å². The fraction of sp³-hybridized carbons (Fsp3) is 0.250. The molecule has 4 nitrogen and oxygen atoms in total. The maximum atomic E-state index is 12.6. The normalized spacial score (nSPS) is 13.3. The molecule has 0 aliphatic heterocycles. The lowest BCUT2D eigenvalue weighted by Crippen LogP contribution is -2.03. The van der Waals surface area contributed by atoms with Gasteiger partial charge in [-0.05, 0) is 49.2 Å². The summed E-state index contributed by atoms with van der Waals surface area (Å²) in [6.45, 7) is 5.60. The molecule has 0 saturated heterocycles. The van der Waals surface area contributed by atoms with E-state index in [1.807, 2.05) is 44.2 Å². The minimum atomic E-state index is -3.04. The second kappa shape index (κ2) is 6.23. The number of nitrogens with one attached hydrogen (secondary N) is 1. The lowest BCUT2D eigenvalue weighted by Gasteiger charge is -2.19. The summed E-state index contributed by atoms with van der Waals surface area (Å²) in [5.41, 5.74) is 3.10. The molecule has 5 heteroatoms. The molecule has 2 rings (SSSR count). The monoisotopic (exact) mass is 305 g/mol. The average molecular weight is 305 g/mol. The van der Waals surface area contributed by atoms with Crippen molar-refractivity contribution in [2.45, 2.75) is 13.8 Å². The molecule has 0 unspecified atom stereocenters. The van der Waals surface area contributed by atoms with Crippen LogP contribution in [-0.2, 0) is 4.57 Å². The van der Waals surface area contributed by atoms with Gasteiger partial charge in [-0.15, -0.1) is 0 Å². The maximum Gasteiger partial charge on any atom is 0.338 e. The Balaban J connectivity index is 2.18. The van der Waals surface area contributed by atoms with E-state index >= 15 is 0 Å². The predicted octanol–water partition coefficient (Wildman–Crippen LogP) is 4.63. The fourth-order valence-electron chi connectivity index (χ4n) is 1.95. The zero-order valence-electron chi connectivity index (χ0n) is 12.7. The molecule has 0 aliphatic rings. The predicted molar refractivity (Wildman–Crippen MR) is 86.7 cm³/mol. The van der Waals surface area contributed by atoms with Crippen LogP contribution in [0.1, 0.15) is 11.1 Å². The van der Waals surface area contributed by atoms with E-state index in [-0.39, 0.29) is 0 Å². The number of benzene rings is 2. The molecule has 1 N–H and O–H groups in total. The fourth-order valence-corrected chi connectivity index (χ4v) is 3.13. The van der Waals surface area contributed by atoms with E-state index in [0.717, 1.165) is 11.3 Å². The Labute approximate surface area is 125 Å². The van der Waals surface area contributed by atoms with E-state index in [2.05, 4.69) is 5.09 Å². The van der Waals surface area contributed by atoms with E-state index < -0.39 is 7.52 Å². The van der Waals surface area contributed by atoms with Crippen LogP contribution in [0.5, 0.6) is 11.5 Å². The summed E-state index contributed by atoms with van der Waals surface area (Å²) in [6.07, 6.45) is 0. The number of anilines is 1. The number of methoxy groups -OCH3 is 1. The van der Waals surface area contributed by atoms with Crippen molar-refractivity contribution in [1.29, 1.82) is 0 Å². The van der Waals surface area contributed by atoms with Gasteiger partial charge in [0.15, 0.2) is 11.5 Å². The molecular weight excluding hydrogens is 285 g/mol. The first kappa shape index (κ1) is 15.5. The van der Waals surface area contributed by atoms with Crippen LogP contribution < -0.4 is 14.3 Å². The number of rotatable bonds is 5. The Kier molecular flexibility index (Phi) is 4.59. The third-order valence-electron chi connectivity index (χ3n) is 3.18. The molecule has 0 bridgehead atoms. The van der Waals surface area contributed by atoms with Crippen LogP contribution in [-0.4, -0.2) is 13.8 Å². The molecule has 112 valence electrons. The molecule has 0 aromatic heterocycles. The summed E-state index contributed by atoms with van der Waals surface area (Å²) < 4.78 is 23.4. The number of hydrogen-bond donors (Lipinski definition) is 1. The van der Waals surface area contributed by atoms with E-state index in [4.69, 9.17) is 9.26 Å². The third-order valence-corrected chi connectivity index (χ3v) is 4.39. The number of aryl methyl sites for hydroxylation is 2. The molecule has 1 atom stereocenters. The van der Waals surface area contributed by atoms with E-state index in [9.17, 15) is 4.57 Å². The topological polar surface area (TPSA) is 47.6 Å². The Hall–Kier alpha value is -1.93. The summed E-state index contributed by atoms with van der Waals surface area (Å²) in [5.74, 6) is 1.02. The van der Waals surface area contributed by atoms with Crippen molar-refractivity contribution in [3.63, 3.8) is 0 Å². The van der Waals surface area contributed by atoms with E-state index in [0.29, 0.717) is 11.5 Å². The number of ether oxygens (including phenoxy) is 1. The molecule has 0 heterocycles. The molecule has 0 amide bonds. The lowest BCUT2D eigenvalue weighted by atomic mass is 10.1. The summed E-state index contributed by atoms with van der Waals surface area (Å²) >= 11 is 0. The third kappa shape index (κ3) is 4.02. The second-order valence-electron chi connectivity index (χ2n) is 5.00. The summed E-state index contributed by atoms with van der Waals surface area (Å²) in [5, 5.41) is 2.96. The van der Waals surface area contributed by atoms with Crippen molar-refractivity contribution >= 4 is 13.2 Å². The largest absolute Gasteiger partial charge is 0.493 e. The molecule has 0 saturated carbocycles. The minimum Gasteiger partial charge on any atom is -0.493 e. The van der Waals surface area contributed by atoms with Gasteiger partial charge in [-0.1, -0.05) is 18.2 Å². The Morgan fingerprint density at radius 2 is 1.67 bits per heavy atom. The van der Waals surface area contributed by atoms with Crippen LogP contribution in [0.25, 0.3) is 0 Å². The minimum absolute atomic E-state index is 0.460. The molecular formula is C16H20NO3P. The first-order valence-electron chi connectivity index (χ1n) is 6.67. The molecule has 21 heavy (non-hydrogen) atoms. The molecule has 2 aromatic rings. The van der Waals surface area contributed by atoms with E-state index in [1.54, 1.807) is 25.9 Å². The standard InChI is InChI=1S/C16H20NO3P/c1-12-9-10-14(11-13(12)2)17-21(4,18)20-16-8-6-5-7-15(16)19-3/h5-11H,1-4H3,(H,17,18)/t21-/m0/s1. The van der Waals surface area contributed by atoms with Crippen molar-refractivity contribution in [3.05, 3.63) is 53.6 Å². The van der Waals surface area contributed by atoms with Crippen molar-refractivity contribution in [2.75, 3.05) is 18.9 Å². The van der Waals surface area contributed by atoms with Crippen LogP contribution in [0.2, 0.25) is 0 Å². The second-order valence-corrected chi connectivity index (χ2v) is 7.10. The van der Waals surface area contributed by atoms with Gasteiger partial charge in [-0.25, -0.2) is 0 Å². The first-order valence-corrected chi connectivity index (χ1v) is 8.74. The summed E-state index contributed by atoms with van der Waals surface area (Å²) in [6, 6.07) is 13.0. The molecule has 0 fully saturated rings. The Morgan fingerprint density at radius 3 is 2.29 bits per heavy atom. The van der Waals surface area contributed by atoms with Crippen LogP contribution in [0, 0.1) is 13.8 Å². The van der Waals surface area contributed by atoms with Crippen molar-refractivity contribution in [2.24, 2.45) is 0 Å². The highest BCUT2D eigenvalue weighted by Crippen LogP contribution is 2.46. The average Bonchev–Trinajstić information content (AvgIpc) is 2.43. The van der Waals surface area contributed by atoms with Crippen LogP contribution >= 0.6 is 7.52 Å². The zero-order valence-corrected chi connectivity index (χ0v) is 13.6. The van der Waals surface area contributed by atoms with Crippen molar-refractivity contribution in [3.8, 4) is 11.5 Å². The van der Waals surface area contributed by atoms with Gasteiger partial charge in [0.2, 0.25) is 0 Å². The summed E-state index contributed by atoms with van der Waals surface area (Å²) in [7, 11) is -1.49. The number of hydrogen-bond acceptors (Lipinski definition) is 3. The highest BCUT2D eigenvalue weighted by molar-refractivity contribution is 7.60. The Bertz CT molecular complexity index is 685. The molecule has 0 radical (unpaired) electrons. The lowest BCUT2D eigenvalue weighted by molar-refractivity contribution is 0.391. The highest BCUT2D eigenvalue weighted by Gasteiger charge is 2.19. The molecule has 2 aromatic carbocycles. The van der Waals surface area contributed by atoms with Gasteiger partial charge in [0, 0.05) is 12.4 Å². The summed E-state index contributed by atoms with van der Waals surface area (Å²) in [4.78, 5) is 0. The van der Waals surface area contributed by atoms with Gasteiger partial charge in [-0.2, -0.15) is 0 Å². The van der Waals surface area contributed by atoms with Gasteiger partial charge >= 0.3 is 7.52 Å². The number of para-hydroxylation sites is 2. The van der Waals surface area contributed by atoms with Crippen molar-refractivity contribution < 1.29 is 13.8 Å². The first-order chi connectivity index (χ1) is 9.91. The van der Waals surface area contributed by atoms with Crippen LogP contribution in [0.3, 0.4) is 0 Å².